The lowest BCUT2D eigenvalue weighted by Crippen LogP contribution is -1.81. The predicted molar refractivity (Wildman–Crippen MR) is 42.3 cm³/mol. The van der Waals surface area contributed by atoms with Gasteiger partial charge >= 0.3 is 0 Å². The zero-order chi connectivity index (χ0) is 8.27. The molecule has 0 atom stereocenters. The van der Waals surface area contributed by atoms with Gasteiger partial charge in [0.2, 0.25) is 0 Å². The van der Waals surface area contributed by atoms with Crippen LogP contribution in [0.1, 0.15) is 5.56 Å². The van der Waals surface area contributed by atoms with E-state index in [9.17, 15) is 5.11 Å². The summed E-state index contributed by atoms with van der Waals surface area (Å²) in [6.45, 7) is 0. The van der Waals surface area contributed by atoms with E-state index in [0.717, 1.165) is 0 Å². The van der Waals surface area contributed by atoms with Crippen molar-refractivity contribution in [3.63, 3.8) is 0 Å². The van der Waals surface area contributed by atoms with E-state index in [-0.39, 0.29) is 11.5 Å². The molecule has 0 saturated carbocycles. The molecule has 0 unspecified atom stereocenters. The van der Waals surface area contributed by atoms with Crippen LogP contribution in [0.25, 0.3) is 0 Å². The quantitative estimate of drug-likeness (QED) is 0.465. The Morgan fingerprint density at radius 2 is 2.09 bits per heavy atom. The molecule has 0 saturated heterocycles. The van der Waals surface area contributed by atoms with Crippen LogP contribution in [-0.2, 0) is 6.42 Å². The number of para-hydroxylation sites is 1. The molecule has 0 spiro atoms. The largest absolute Gasteiger partial charge is 0.504 e. The molecule has 2 N–H and O–H groups in total. The smallest absolute Gasteiger partial charge is 0.161 e. The molecule has 0 aliphatic rings. The monoisotopic (exact) mass is 148 g/mol. The first-order chi connectivity index (χ1) is 5.25. The fraction of sp³-hybridized carbons (Fsp3) is 0.111. The van der Waals surface area contributed by atoms with Crippen LogP contribution < -0.4 is 0 Å². The van der Waals surface area contributed by atoms with Gasteiger partial charge in [-0.1, -0.05) is 12.1 Å². The first kappa shape index (κ1) is 7.49. The lowest BCUT2D eigenvalue weighted by atomic mass is 10.1. The minimum atomic E-state index is -0.127. The second-order valence-corrected chi connectivity index (χ2v) is 2.17. The standard InChI is InChI=1S/C9H8O2/c1-2-4-7-5-3-6-8(10)9(7)11/h1,3,5-6,10-11H,4H2. The molecule has 11 heavy (non-hydrogen) atoms. The molecule has 0 heterocycles. The molecule has 0 bridgehead atoms. The first-order valence-electron chi connectivity index (χ1n) is 3.19. The van der Waals surface area contributed by atoms with Gasteiger partial charge in [0.15, 0.2) is 11.5 Å². The van der Waals surface area contributed by atoms with Crippen LogP contribution >= 0.6 is 0 Å². The highest BCUT2D eigenvalue weighted by molar-refractivity contribution is 5.45. The summed E-state index contributed by atoms with van der Waals surface area (Å²) < 4.78 is 0. The minimum absolute atomic E-state index is 0.120. The van der Waals surface area contributed by atoms with Gasteiger partial charge in [-0.05, 0) is 6.07 Å². The number of hydrogen-bond acceptors (Lipinski definition) is 2. The summed E-state index contributed by atoms with van der Waals surface area (Å²) >= 11 is 0. The summed E-state index contributed by atoms with van der Waals surface area (Å²) in [5.41, 5.74) is 0.576. The Balaban J connectivity index is 3.08. The van der Waals surface area contributed by atoms with Crippen molar-refractivity contribution in [3.05, 3.63) is 23.8 Å². The van der Waals surface area contributed by atoms with Gasteiger partial charge in [0.25, 0.3) is 0 Å². The number of phenolic OH excluding ortho intramolecular Hbond substituents is 2. The van der Waals surface area contributed by atoms with Crippen molar-refractivity contribution < 1.29 is 10.2 Å². The zero-order valence-corrected chi connectivity index (χ0v) is 5.91. The van der Waals surface area contributed by atoms with E-state index >= 15 is 0 Å². The predicted octanol–water partition coefficient (Wildman–Crippen LogP) is 1.27. The van der Waals surface area contributed by atoms with Crippen LogP contribution in [0.5, 0.6) is 11.5 Å². The number of aromatic hydroxyl groups is 2. The van der Waals surface area contributed by atoms with Crippen molar-refractivity contribution in [1.29, 1.82) is 0 Å². The highest BCUT2D eigenvalue weighted by Crippen LogP contribution is 2.27. The molecule has 1 aromatic carbocycles. The maximum absolute atomic E-state index is 9.18. The maximum atomic E-state index is 9.18. The van der Waals surface area contributed by atoms with Gasteiger partial charge < -0.3 is 10.2 Å². The van der Waals surface area contributed by atoms with Crippen molar-refractivity contribution in [3.8, 4) is 23.8 Å². The second-order valence-electron chi connectivity index (χ2n) is 2.17. The van der Waals surface area contributed by atoms with E-state index in [4.69, 9.17) is 11.5 Å². The summed E-state index contributed by atoms with van der Waals surface area (Å²) in [4.78, 5) is 0. The van der Waals surface area contributed by atoms with Crippen molar-refractivity contribution in [2.45, 2.75) is 6.42 Å². The van der Waals surface area contributed by atoms with Gasteiger partial charge in [0.05, 0.1) is 0 Å². The van der Waals surface area contributed by atoms with Crippen molar-refractivity contribution >= 4 is 0 Å². The molecular formula is C9H8O2. The van der Waals surface area contributed by atoms with Gasteiger partial charge in [-0.15, -0.1) is 12.3 Å². The van der Waals surface area contributed by atoms with Crippen LogP contribution in [0.4, 0.5) is 0 Å². The minimum Gasteiger partial charge on any atom is -0.504 e. The third-order valence-corrected chi connectivity index (χ3v) is 1.39. The Bertz CT molecular complexity index is 297. The van der Waals surface area contributed by atoms with Gasteiger partial charge in [-0.25, -0.2) is 0 Å². The van der Waals surface area contributed by atoms with Crippen LogP contribution in [0.2, 0.25) is 0 Å². The average Bonchev–Trinajstić information content (AvgIpc) is 1.99. The molecule has 0 aliphatic heterocycles. The molecule has 0 radical (unpaired) electrons. The Morgan fingerprint density at radius 1 is 1.36 bits per heavy atom. The molecule has 0 aliphatic carbocycles. The molecule has 2 heteroatoms. The number of rotatable bonds is 1. The van der Waals surface area contributed by atoms with Gasteiger partial charge in [-0.3, -0.25) is 0 Å². The topological polar surface area (TPSA) is 40.5 Å². The molecule has 56 valence electrons. The molecule has 1 rings (SSSR count). The lowest BCUT2D eigenvalue weighted by molar-refractivity contribution is 0.400. The molecular weight excluding hydrogens is 140 g/mol. The van der Waals surface area contributed by atoms with E-state index in [1.165, 1.54) is 6.07 Å². The Kier molecular flexibility index (Phi) is 2.03. The Morgan fingerprint density at radius 3 is 2.73 bits per heavy atom. The summed E-state index contributed by atoms with van der Waals surface area (Å²) in [5.74, 6) is 2.13. The van der Waals surface area contributed by atoms with E-state index in [2.05, 4.69) is 5.92 Å². The van der Waals surface area contributed by atoms with Crippen molar-refractivity contribution in [2.24, 2.45) is 0 Å². The molecule has 0 aromatic heterocycles. The normalized spacial score (nSPS) is 9.00. The average molecular weight is 148 g/mol. The van der Waals surface area contributed by atoms with Gasteiger partial charge in [0.1, 0.15) is 0 Å². The number of benzene rings is 1. The Hall–Kier alpha value is -1.62. The Labute approximate surface area is 65.1 Å². The summed E-state index contributed by atoms with van der Waals surface area (Å²) in [6, 6.07) is 4.73. The van der Waals surface area contributed by atoms with E-state index in [0.29, 0.717) is 12.0 Å². The molecule has 1 aromatic rings. The highest BCUT2D eigenvalue weighted by atomic mass is 16.3. The third kappa shape index (κ3) is 1.44. The molecule has 0 fully saturated rings. The van der Waals surface area contributed by atoms with Crippen molar-refractivity contribution in [2.75, 3.05) is 0 Å². The van der Waals surface area contributed by atoms with Crippen LogP contribution in [0, 0.1) is 12.3 Å². The SMILES string of the molecule is C#CCc1cccc(O)c1O. The summed E-state index contributed by atoms with van der Waals surface area (Å²) in [6.07, 6.45) is 5.37. The van der Waals surface area contributed by atoms with Crippen LogP contribution in [0.3, 0.4) is 0 Å². The highest BCUT2D eigenvalue weighted by Gasteiger charge is 2.02. The van der Waals surface area contributed by atoms with Crippen LogP contribution in [0.15, 0.2) is 18.2 Å². The zero-order valence-electron chi connectivity index (χ0n) is 5.91. The molecule has 2 nitrogen and oxygen atoms in total. The van der Waals surface area contributed by atoms with E-state index in [1.807, 2.05) is 0 Å². The maximum Gasteiger partial charge on any atom is 0.161 e. The van der Waals surface area contributed by atoms with E-state index in [1.54, 1.807) is 12.1 Å². The summed E-state index contributed by atoms with van der Waals surface area (Å²) in [7, 11) is 0. The number of terminal acetylenes is 1. The molecule has 0 amide bonds. The fourth-order valence-corrected chi connectivity index (χ4v) is 0.830. The number of phenols is 2. The fourth-order valence-electron chi connectivity index (χ4n) is 0.830. The van der Waals surface area contributed by atoms with E-state index < -0.39 is 0 Å². The first-order valence-corrected chi connectivity index (χ1v) is 3.19. The summed E-state index contributed by atoms with van der Waals surface area (Å²) in [5, 5.41) is 18.2. The third-order valence-electron chi connectivity index (χ3n) is 1.39. The lowest BCUT2D eigenvalue weighted by Gasteiger charge is -2.00. The van der Waals surface area contributed by atoms with Gasteiger partial charge in [-0.2, -0.15) is 0 Å². The second kappa shape index (κ2) is 2.98. The van der Waals surface area contributed by atoms with Crippen molar-refractivity contribution in [1.82, 2.24) is 0 Å². The van der Waals surface area contributed by atoms with Gasteiger partial charge in [0, 0.05) is 12.0 Å². The number of hydrogen-bond donors (Lipinski definition) is 2. The van der Waals surface area contributed by atoms with Crippen LogP contribution in [-0.4, -0.2) is 10.2 Å².